The minimum Gasteiger partial charge on any atom is -0.477 e. The van der Waals surface area contributed by atoms with Crippen molar-refractivity contribution in [1.29, 1.82) is 0 Å². The van der Waals surface area contributed by atoms with Crippen LogP contribution >= 0.6 is 31.9 Å². The fourth-order valence-corrected chi connectivity index (χ4v) is 4.32. The number of carboxylic acids is 1. The molecule has 0 unspecified atom stereocenters. The molecule has 2 aromatic rings. The van der Waals surface area contributed by atoms with Gasteiger partial charge in [-0.3, -0.25) is 0 Å². The molecular weight excluding hydrogens is 386 g/mol. The fraction of sp³-hybridized carbons (Fsp3) is 0.267. The standard InChI is InChI=1S/C15H13Br2NO2/c1-8-6-10(16)14(11(17)7-8)12-4-5-13(15(19)20)18(12)9-2-3-9/h4-7,9H,2-3H2,1H3,(H,19,20). The van der Waals surface area contributed by atoms with Crippen LogP contribution in [0.15, 0.2) is 33.2 Å². The third-order valence-electron chi connectivity index (χ3n) is 3.49. The molecule has 1 aliphatic rings. The van der Waals surface area contributed by atoms with Gasteiger partial charge in [-0.25, -0.2) is 4.79 Å². The van der Waals surface area contributed by atoms with Gasteiger partial charge in [0.1, 0.15) is 5.69 Å². The van der Waals surface area contributed by atoms with Crippen LogP contribution in [0.3, 0.4) is 0 Å². The highest BCUT2D eigenvalue weighted by molar-refractivity contribution is 9.11. The highest BCUT2D eigenvalue weighted by Crippen LogP contribution is 2.44. The molecule has 0 amide bonds. The summed E-state index contributed by atoms with van der Waals surface area (Å²) >= 11 is 7.19. The minimum atomic E-state index is -0.873. The van der Waals surface area contributed by atoms with Crippen LogP contribution in [0.1, 0.15) is 34.9 Å². The molecule has 20 heavy (non-hydrogen) atoms. The number of nitrogens with zero attached hydrogens (tertiary/aromatic N) is 1. The number of hydrogen-bond donors (Lipinski definition) is 1. The van der Waals surface area contributed by atoms with Gasteiger partial charge in [-0.1, -0.05) is 31.9 Å². The molecule has 0 atom stereocenters. The van der Waals surface area contributed by atoms with E-state index in [1.807, 2.05) is 29.7 Å². The van der Waals surface area contributed by atoms with Crippen LogP contribution in [-0.4, -0.2) is 15.6 Å². The lowest BCUT2D eigenvalue weighted by atomic mass is 10.1. The van der Waals surface area contributed by atoms with Crippen molar-refractivity contribution in [3.63, 3.8) is 0 Å². The third-order valence-corrected chi connectivity index (χ3v) is 4.74. The van der Waals surface area contributed by atoms with Crippen molar-refractivity contribution in [1.82, 2.24) is 4.57 Å². The molecule has 104 valence electrons. The predicted molar refractivity (Wildman–Crippen MR) is 85.2 cm³/mol. The highest BCUT2D eigenvalue weighted by Gasteiger charge is 2.30. The second kappa shape index (κ2) is 5.04. The van der Waals surface area contributed by atoms with Gasteiger partial charge in [-0.15, -0.1) is 0 Å². The Morgan fingerprint density at radius 2 is 1.85 bits per heavy atom. The van der Waals surface area contributed by atoms with Crippen molar-refractivity contribution in [2.75, 3.05) is 0 Å². The number of aromatic carboxylic acids is 1. The summed E-state index contributed by atoms with van der Waals surface area (Å²) in [6.07, 6.45) is 2.09. The normalized spacial score (nSPS) is 14.6. The summed E-state index contributed by atoms with van der Waals surface area (Å²) in [7, 11) is 0. The van der Waals surface area contributed by atoms with Crippen molar-refractivity contribution < 1.29 is 9.90 Å². The average Bonchev–Trinajstić information content (AvgIpc) is 3.08. The Hall–Kier alpha value is -1.07. The van der Waals surface area contributed by atoms with E-state index in [1.54, 1.807) is 6.07 Å². The van der Waals surface area contributed by atoms with Crippen LogP contribution in [0.4, 0.5) is 0 Å². The largest absolute Gasteiger partial charge is 0.477 e. The van der Waals surface area contributed by atoms with Crippen molar-refractivity contribution in [2.45, 2.75) is 25.8 Å². The van der Waals surface area contributed by atoms with Crippen molar-refractivity contribution >= 4 is 37.8 Å². The molecule has 1 aromatic carbocycles. The molecule has 0 radical (unpaired) electrons. The molecule has 3 rings (SSSR count). The monoisotopic (exact) mass is 397 g/mol. The van der Waals surface area contributed by atoms with Crippen LogP contribution < -0.4 is 0 Å². The molecule has 1 saturated carbocycles. The van der Waals surface area contributed by atoms with Crippen LogP contribution in [-0.2, 0) is 0 Å². The molecule has 1 fully saturated rings. The van der Waals surface area contributed by atoms with E-state index in [4.69, 9.17) is 0 Å². The lowest BCUT2D eigenvalue weighted by Crippen LogP contribution is -2.08. The van der Waals surface area contributed by atoms with Gasteiger partial charge in [0.25, 0.3) is 0 Å². The number of hydrogen-bond acceptors (Lipinski definition) is 1. The van der Waals surface area contributed by atoms with E-state index >= 15 is 0 Å². The summed E-state index contributed by atoms with van der Waals surface area (Å²) in [6.45, 7) is 2.03. The van der Waals surface area contributed by atoms with Crippen molar-refractivity contribution in [2.24, 2.45) is 0 Å². The number of halogens is 2. The average molecular weight is 399 g/mol. The summed E-state index contributed by atoms with van der Waals surface area (Å²) in [5.41, 5.74) is 3.47. The van der Waals surface area contributed by atoms with Gasteiger partial charge in [0.05, 0.1) is 5.69 Å². The maximum absolute atomic E-state index is 11.4. The maximum atomic E-state index is 11.4. The van der Waals surface area contributed by atoms with Crippen LogP contribution in [0, 0.1) is 6.92 Å². The zero-order chi connectivity index (χ0) is 14.4. The van der Waals surface area contributed by atoms with Gasteiger partial charge in [-0.05, 0) is 49.6 Å². The first kappa shape index (κ1) is 13.9. The molecule has 3 nitrogen and oxygen atoms in total. The first-order valence-electron chi connectivity index (χ1n) is 6.39. The molecule has 0 spiro atoms. The molecule has 0 aliphatic heterocycles. The number of aromatic nitrogens is 1. The zero-order valence-corrected chi connectivity index (χ0v) is 14.0. The molecule has 0 bridgehead atoms. The Bertz CT molecular complexity index is 679. The van der Waals surface area contributed by atoms with Crippen LogP contribution in [0.2, 0.25) is 0 Å². The summed E-state index contributed by atoms with van der Waals surface area (Å²) in [4.78, 5) is 11.4. The molecular formula is C15H13Br2NO2. The zero-order valence-electron chi connectivity index (χ0n) is 10.9. The number of rotatable bonds is 3. The summed E-state index contributed by atoms with van der Waals surface area (Å²) in [6, 6.07) is 7.98. The van der Waals surface area contributed by atoms with Gasteiger partial charge in [-0.2, -0.15) is 0 Å². The molecule has 5 heteroatoms. The van der Waals surface area contributed by atoms with Gasteiger partial charge in [0.2, 0.25) is 0 Å². The van der Waals surface area contributed by atoms with Gasteiger partial charge in [0.15, 0.2) is 0 Å². The number of carboxylic acid groups (broad SMARTS) is 1. The minimum absolute atomic E-state index is 0.311. The quantitative estimate of drug-likeness (QED) is 0.788. The molecule has 0 saturated heterocycles. The molecule has 1 N–H and O–H groups in total. The third kappa shape index (κ3) is 2.33. The van der Waals surface area contributed by atoms with E-state index in [0.29, 0.717) is 11.7 Å². The number of aryl methyl sites for hydroxylation is 1. The lowest BCUT2D eigenvalue weighted by molar-refractivity contribution is 0.0685. The summed E-state index contributed by atoms with van der Waals surface area (Å²) in [5, 5.41) is 9.34. The SMILES string of the molecule is Cc1cc(Br)c(-c2ccc(C(=O)O)n2C2CC2)c(Br)c1. The molecule has 1 aliphatic carbocycles. The Labute approximate surface area is 133 Å². The summed E-state index contributed by atoms with van der Waals surface area (Å²) in [5.74, 6) is -0.873. The van der Waals surface area contributed by atoms with E-state index in [9.17, 15) is 9.90 Å². The topological polar surface area (TPSA) is 42.2 Å². The Balaban J connectivity index is 2.23. The first-order valence-corrected chi connectivity index (χ1v) is 7.98. The Morgan fingerprint density at radius 3 is 2.35 bits per heavy atom. The van der Waals surface area contributed by atoms with E-state index in [1.165, 1.54) is 0 Å². The number of carbonyl (C=O) groups is 1. The Kier molecular flexibility index (Phi) is 3.50. The highest BCUT2D eigenvalue weighted by atomic mass is 79.9. The maximum Gasteiger partial charge on any atom is 0.352 e. The summed E-state index contributed by atoms with van der Waals surface area (Å²) < 4.78 is 3.89. The van der Waals surface area contributed by atoms with E-state index in [0.717, 1.165) is 38.6 Å². The smallest absolute Gasteiger partial charge is 0.352 e. The van der Waals surface area contributed by atoms with Crippen LogP contribution in [0.5, 0.6) is 0 Å². The Morgan fingerprint density at radius 1 is 1.25 bits per heavy atom. The lowest BCUT2D eigenvalue weighted by Gasteiger charge is -2.14. The van der Waals surface area contributed by atoms with E-state index in [-0.39, 0.29) is 0 Å². The van der Waals surface area contributed by atoms with Crippen LogP contribution in [0.25, 0.3) is 11.3 Å². The van der Waals surface area contributed by atoms with Gasteiger partial charge in [0, 0.05) is 20.6 Å². The second-order valence-corrected chi connectivity index (χ2v) is 6.82. The predicted octanol–water partition coefficient (Wildman–Crippen LogP) is 5.02. The van der Waals surface area contributed by atoms with Crippen molar-refractivity contribution in [3.05, 3.63) is 44.5 Å². The first-order chi connectivity index (χ1) is 9.49. The van der Waals surface area contributed by atoms with E-state index < -0.39 is 5.97 Å². The number of benzene rings is 1. The van der Waals surface area contributed by atoms with Crippen molar-refractivity contribution in [3.8, 4) is 11.3 Å². The fourth-order valence-electron chi connectivity index (χ4n) is 2.50. The molecule has 1 aromatic heterocycles. The second-order valence-electron chi connectivity index (χ2n) is 5.11. The van der Waals surface area contributed by atoms with Gasteiger partial charge < -0.3 is 9.67 Å². The van der Waals surface area contributed by atoms with Gasteiger partial charge >= 0.3 is 5.97 Å². The van der Waals surface area contributed by atoms with E-state index in [2.05, 4.69) is 31.9 Å². The molecule has 1 heterocycles.